The molecular formula is C33H65N5O5. The van der Waals surface area contributed by atoms with Crippen LogP contribution >= 0.6 is 0 Å². The molecule has 0 rings (SSSR count). The number of unbranched alkanes of at least 4 members (excludes halogenated alkanes) is 3. The van der Waals surface area contributed by atoms with E-state index >= 15 is 0 Å². The maximum Gasteiger partial charge on any atom is 0.242 e. The molecule has 0 aliphatic heterocycles. The Kier molecular flexibility index (Phi) is 40.8. The molecule has 0 aromatic rings. The highest BCUT2D eigenvalue weighted by Crippen LogP contribution is 2.07. The molecule has 0 unspecified atom stereocenters. The summed E-state index contributed by atoms with van der Waals surface area (Å²) in [7, 11) is 3.66. The summed E-state index contributed by atoms with van der Waals surface area (Å²) < 4.78 is 0. The highest BCUT2D eigenvalue weighted by atomic mass is 16.5. The second-order valence-corrected chi connectivity index (χ2v) is 9.56. The molecule has 0 heterocycles. The maximum absolute atomic E-state index is 11.5. The lowest BCUT2D eigenvalue weighted by Gasteiger charge is -2.17. The Balaban J connectivity index is -0.000000261. The number of hydroxylamine groups is 4. The highest BCUT2D eigenvalue weighted by Gasteiger charge is 2.07. The van der Waals surface area contributed by atoms with Crippen LogP contribution in [0, 0.1) is 0 Å². The minimum atomic E-state index is -0.276. The number of nitrogens with two attached hydrogens (primary N) is 1. The lowest BCUT2D eigenvalue weighted by Crippen LogP contribution is -2.26. The van der Waals surface area contributed by atoms with Crippen LogP contribution in [0.2, 0.25) is 0 Å². The van der Waals surface area contributed by atoms with Crippen molar-refractivity contribution in [2.45, 2.75) is 98.8 Å². The van der Waals surface area contributed by atoms with Gasteiger partial charge in [0.1, 0.15) is 5.78 Å². The third-order valence-electron chi connectivity index (χ3n) is 5.62. The van der Waals surface area contributed by atoms with Gasteiger partial charge in [0.25, 0.3) is 0 Å². The number of hydrogen-bond acceptors (Lipinski definition) is 8. The third-order valence-corrected chi connectivity index (χ3v) is 5.62. The van der Waals surface area contributed by atoms with Crippen molar-refractivity contribution in [2.24, 2.45) is 5.73 Å². The van der Waals surface area contributed by atoms with Crippen LogP contribution in [0.15, 0.2) is 49.2 Å². The Morgan fingerprint density at radius 2 is 1.49 bits per heavy atom. The molecule has 0 bridgehead atoms. The van der Waals surface area contributed by atoms with Gasteiger partial charge in [-0.25, -0.2) is 5.06 Å². The fraction of sp³-hybridized carbons (Fsp3) is 0.667. The van der Waals surface area contributed by atoms with Crippen molar-refractivity contribution in [3.8, 4) is 0 Å². The molecule has 0 saturated carbocycles. The summed E-state index contributed by atoms with van der Waals surface area (Å²) in [6.45, 7) is 19.5. The molecule has 0 radical (unpaired) electrons. The van der Waals surface area contributed by atoms with Crippen molar-refractivity contribution >= 4 is 17.6 Å². The van der Waals surface area contributed by atoms with Crippen LogP contribution in [0.4, 0.5) is 0 Å². The molecule has 252 valence electrons. The molecule has 0 aromatic carbocycles. The maximum atomic E-state index is 11.5. The molecule has 2 amide bonds. The molecule has 5 N–H and O–H groups in total. The quantitative estimate of drug-likeness (QED) is 0.0547. The van der Waals surface area contributed by atoms with E-state index in [4.69, 9.17) is 10.9 Å². The van der Waals surface area contributed by atoms with E-state index in [9.17, 15) is 19.6 Å². The molecule has 43 heavy (non-hydrogen) atoms. The van der Waals surface area contributed by atoms with Crippen LogP contribution in [0.1, 0.15) is 98.8 Å². The van der Waals surface area contributed by atoms with Crippen molar-refractivity contribution in [1.29, 1.82) is 0 Å². The van der Waals surface area contributed by atoms with E-state index in [2.05, 4.69) is 25.4 Å². The van der Waals surface area contributed by atoms with Gasteiger partial charge < -0.3 is 20.7 Å². The van der Waals surface area contributed by atoms with Gasteiger partial charge in [-0.15, -0.1) is 6.58 Å². The van der Waals surface area contributed by atoms with E-state index in [1.807, 2.05) is 51.3 Å². The monoisotopic (exact) mass is 611 g/mol. The molecule has 0 aromatic heterocycles. The van der Waals surface area contributed by atoms with E-state index in [0.29, 0.717) is 39.0 Å². The predicted molar refractivity (Wildman–Crippen MR) is 180 cm³/mol. The summed E-state index contributed by atoms with van der Waals surface area (Å²) in [6.07, 6.45) is 18.0. The van der Waals surface area contributed by atoms with Gasteiger partial charge in [0, 0.05) is 58.7 Å². The fourth-order valence-electron chi connectivity index (χ4n) is 2.97. The molecule has 0 aliphatic rings. The van der Waals surface area contributed by atoms with Crippen molar-refractivity contribution < 1.29 is 24.8 Å². The summed E-state index contributed by atoms with van der Waals surface area (Å²) in [5.41, 5.74) is 6.01. The average Bonchev–Trinajstić information content (AvgIpc) is 3.00. The van der Waals surface area contributed by atoms with Crippen LogP contribution in [-0.2, 0) is 14.4 Å². The fourth-order valence-corrected chi connectivity index (χ4v) is 2.97. The van der Waals surface area contributed by atoms with Gasteiger partial charge in [0.15, 0.2) is 0 Å². The summed E-state index contributed by atoms with van der Waals surface area (Å²) in [5, 5.41) is 23.4. The lowest BCUT2D eigenvalue weighted by molar-refractivity contribution is -0.162. The van der Waals surface area contributed by atoms with Gasteiger partial charge in [-0.05, 0) is 52.6 Å². The summed E-state index contributed by atoms with van der Waals surface area (Å²) in [4.78, 5) is 34.3. The third kappa shape index (κ3) is 39.2. The minimum Gasteiger partial charge on any atom is -0.342 e. The predicted octanol–water partition coefficient (Wildman–Crippen LogP) is 5.87. The Hall–Kier alpha value is -2.79. The summed E-state index contributed by atoms with van der Waals surface area (Å²) >= 11 is 0. The first-order valence-corrected chi connectivity index (χ1v) is 15.6. The van der Waals surface area contributed by atoms with Crippen LogP contribution in [-0.4, -0.2) is 89.9 Å². The van der Waals surface area contributed by atoms with Crippen molar-refractivity contribution in [3.63, 3.8) is 0 Å². The van der Waals surface area contributed by atoms with Gasteiger partial charge in [-0.3, -0.25) is 25.1 Å². The van der Waals surface area contributed by atoms with Gasteiger partial charge in [0.2, 0.25) is 11.8 Å². The molecule has 0 atom stereocenters. The zero-order valence-electron chi connectivity index (χ0n) is 28.4. The lowest BCUT2D eigenvalue weighted by atomic mass is 10.2. The summed E-state index contributed by atoms with van der Waals surface area (Å²) in [5.74, 6) is -0.193. The smallest absolute Gasteiger partial charge is 0.242 e. The van der Waals surface area contributed by atoms with E-state index in [-0.39, 0.29) is 17.6 Å². The van der Waals surface area contributed by atoms with Crippen molar-refractivity contribution in [1.82, 2.24) is 20.3 Å². The molecule has 10 nitrogen and oxygen atoms in total. The number of likely N-dealkylation sites (N-methyl/N-ethyl adjacent to an activating group) is 1. The number of ketones is 1. The first-order valence-electron chi connectivity index (χ1n) is 15.6. The molecule has 10 heteroatoms. The number of carbonyl (C=O) groups excluding carboxylic acids is 3. The Morgan fingerprint density at radius 3 is 2.00 bits per heavy atom. The van der Waals surface area contributed by atoms with E-state index in [1.165, 1.54) is 31.8 Å². The van der Waals surface area contributed by atoms with Crippen molar-refractivity contribution in [2.75, 3.05) is 46.8 Å². The zero-order chi connectivity index (χ0) is 33.9. The van der Waals surface area contributed by atoms with E-state index in [1.54, 1.807) is 11.9 Å². The van der Waals surface area contributed by atoms with Gasteiger partial charge in [-0.2, -0.15) is 0 Å². The molecule has 0 aliphatic carbocycles. The number of hydrogen-bond donors (Lipinski definition) is 4. The highest BCUT2D eigenvalue weighted by molar-refractivity contribution is 5.83. The van der Waals surface area contributed by atoms with Crippen LogP contribution in [0.5, 0.6) is 0 Å². The standard InChI is InChI=1S/C12H22N2O2.C11H20N2O.C8H17NO2.C2H6/c1-11(15)7-8-12(16)14(3)10-6-4-5-9-13-2;1-3-4-8-11(2)13(14)10-7-5-6-9-12;1-3-4-5-6-7-9(11)8(2)10;1-2/h4,6,13H,5,7-10H2,1-3H3;3,5-6,14H,1-2,4,7-10,12H2;11H,3-7H2,1-2H3;1-2H3/b6-4+;6-5+;;. The SMILES string of the molecule is C=CCCC(=C)N(O)CC/C=C/CN.CC.CCCCCCN(O)C(C)=O.CNCC/C=C/CN(C)C(=O)CCC(C)=O. The number of Topliss-reactive ketones (excluding diaryl/α,β-unsaturated/α-hetero) is 1. The summed E-state index contributed by atoms with van der Waals surface area (Å²) in [6, 6.07) is 0. The minimum absolute atomic E-state index is 0.0217. The number of amides is 2. The first-order chi connectivity index (χ1) is 20.5. The second-order valence-electron chi connectivity index (χ2n) is 9.56. The van der Waals surface area contributed by atoms with Gasteiger partial charge in [0.05, 0.1) is 0 Å². The van der Waals surface area contributed by atoms with E-state index < -0.39 is 0 Å². The second kappa shape index (κ2) is 37.2. The number of nitrogens with one attached hydrogen (secondary N) is 1. The molecule has 0 spiro atoms. The number of rotatable bonds is 21. The normalized spacial score (nSPS) is 10.0. The first kappa shape index (κ1) is 47.1. The number of nitrogens with zero attached hydrogens (tertiary/aromatic N) is 3. The average molecular weight is 612 g/mol. The van der Waals surface area contributed by atoms with Crippen LogP contribution < -0.4 is 11.1 Å². The number of carbonyl (C=O) groups is 3. The van der Waals surface area contributed by atoms with E-state index in [0.717, 1.165) is 55.8 Å². The van der Waals surface area contributed by atoms with Crippen LogP contribution in [0.3, 0.4) is 0 Å². The topological polar surface area (TPSA) is 139 Å². The van der Waals surface area contributed by atoms with Gasteiger partial charge in [-0.1, -0.05) is 77.0 Å². The van der Waals surface area contributed by atoms with Gasteiger partial charge >= 0.3 is 0 Å². The Bertz CT molecular complexity index is 756. The van der Waals surface area contributed by atoms with Crippen LogP contribution in [0.25, 0.3) is 0 Å². The Labute approximate surface area is 263 Å². The molecule has 0 fully saturated rings. The van der Waals surface area contributed by atoms with Crippen molar-refractivity contribution in [3.05, 3.63) is 49.2 Å². The Morgan fingerprint density at radius 1 is 0.860 bits per heavy atom. The zero-order valence-corrected chi connectivity index (χ0v) is 28.4. The number of allylic oxidation sites excluding steroid dienone is 2. The largest absolute Gasteiger partial charge is 0.342 e. The molecular weight excluding hydrogens is 546 g/mol. The molecule has 0 saturated heterocycles.